The molecule has 68 valence electrons. The van der Waals surface area contributed by atoms with Gasteiger partial charge in [-0.1, -0.05) is 13.5 Å². The topological polar surface area (TPSA) is 26.3 Å². The monoisotopic (exact) mass is 186 g/mol. The quantitative estimate of drug-likeness (QED) is 0.678. The molecular weight excluding hydrogens is 172 g/mol. The molecule has 1 heterocycles. The second kappa shape index (κ2) is 5.77. The molecule has 0 aliphatic heterocycles. The zero-order valence-electron chi connectivity index (χ0n) is 6.37. The van der Waals surface area contributed by atoms with Crippen molar-refractivity contribution in [2.75, 3.05) is 6.61 Å². The Morgan fingerprint density at radius 3 is 2.92 bits per heavy atom. The fourth-order valence-corrected chi connectivity index (χ4v) is 1.46. The summed E-state index contributed by atoms with van der Waals surface area (Å²) >= 11 is 1.58. The first kappa shape index (κ1) is 11.2. The Hall–Kier alpha value is -0.830. The molecule has 0 aromatic carbocycles. The van der Waals surface area contributed by atoms with Crippen LogP contribution in [0.1, 0.15) is 19.2 Å². The summed E-state index contributed by atoms with van der Waals surface area (Å²) < 4.78 is 4.78. The van der Waals surface area contributed by atoms with Gasteiger partial charge in [0, 0.05) is 4.88 Å². The second-order valence-electron chi connectivity index (χ2n) is 2.06. The van der Waals surface area contributed by atoms with E-state index in [9.17, 15) is 4.79 Å². The molecule has 0 unspecified atom stereocenters. The van der Waals surface area contributed by atoms with Gasteiger partial charge in [0.25, 0.3) is 0 Å². The van der Waals surface area contributed by atoms with Crippen LogP contribution in [0, 0.1) is 0 Å². The molecule has 0 aliphatic carbocycles. The fraction of sp³-hybridized carbons (Fsp3) is 0.444. The molecule has 0 radical (unpaired) electrons. The zero-order valence-corrected chi connectivity index (χ0v) is 7.19. The van der Waals surface area contributed by atoms with Crippen LogP contribution in [0.3, 0.4) is 0 Å². The minimum Gasteiger partial charge on any atom is -0.466 e. The molecule has 1 aromatic rings. The number of hydrogen-bond donors (Lipinski definition) is 0. The Morgan fingerprint density at radius 2 is 2.42 bits per heavy atom. The Morgan fingerprint density at radius 1 is 1.67 bits per heavy atom. The lowest BCUT2D eigenvalue weighted by atomic mass is 10.3. The van der Waals surface area contributed by atoms with Crippen molar-refractivity contribution in [1.29, 1.82) is 0 Å². The van der Waals surface area contributed by atoms with E-state index in [1.54, 1.807) is 11.3 Å². The second-order valence-corrected chi connectivity index (χ2v) is 3.09. The SMILES string of the molecule is C.CCOC(=O)Cc1cccs1. The van der Waals surface area contributed by atoms with Gasteiger partial charge in [0.1, 0.15) is 0 Å². The Bertz CT molecular complexity index is 216. The number of carbonyl (C=O) groups is 1. The first-order chi connectivity index (χ1) is 5.33. The van der Waals surface area contributed by atoms with E-state index in [1.165, 1.54) is 0 Å². The first-order valence-corrected chi connectivity index (χ1v) is 4.39. The van der Waals surface area contributed by atoms with Crippen LogP contribution in [0.15, 0.2) is 17.5 Å². The van der Waals surface area contributed by atoms with Crippen LogP contribution in [0.25, 0.3) is 0 Å². The van der Waals surface area contributed by atoms with Crippen molar-refractivity contribution < 1.29 is 9.53 Å². The van der Waals surface area contributed by atoms with Crippen molar-refractivity contribution >= 4 is 17.3 Å². The van der Waals surface area contributed by atoms with E-state index in [4.69, 9.17) is 4.74 Å². The summed E-state index contributed by atoms with van der Waals surface area (Å²) in [5, 5.41) is 1.95. The van der Waals surface area contributed by atoms with Gasteiger partial charge in [-0.05, 0) is 18.4 Å². The zero-order chi connectivity index (χ0) is 8.10. The molecule has 0 amide bonds. The van der Waals surface area contributed by atoms with E-state index in [0.717, 1.165) is 4.88 Å². The van der Waals surface area contributed by atoms with Gasteiger partial charge in [0.15, 0.2) is 0 Å². The molecule has 2 nitrogen and oxygen atoms in total. The highest BCUT2D eigenvalue weighted by atomic mass is 32.1. The van der Waals surface area contributed by atoms with Gasteiger partial charge in [-0.25, -0.2) is 0 Å². The minimum absolute atomic E-state index is 0. The van der Waals surface area contributed by atoms with Gasteiger partial charge in [-0.15, -0.1) is 11.3 Å². The summed E-state index contributed by atoms with van der Waals surface area (Å²) in [4.78, 5) is 12.0. The van der Waals surface area contributed by atoms with Gasteiger partial charge < -0.3 is 4.74 Å². The molecule has 0 aliphatic rings. The Labute approximate surface area is 77.2 Å². The third-order valence-electron chi connectivity index (χ3n) is 1.20. The molecule has 12 heavy (non-hydrogen) atoms. The van der Waals surface area contributed by atoms with Crippen molar-refractivity contribution in [2.24, 2.45) is 0 Å². The first-order valence-electron chi connectivity index (χ1n) is 3.51. The largest absolute Gasteiger partial charge is 0.466 e. The molecule has 1 aromatic heterocycles. The lowest BCUT2D eigenvalue weighted by molar-refractivity contribution is -0.142. The van der Waals surface area contributed by atoms with Crippen LogP contribution < -0.4 is 0 Å². The molecule has 0 atom stereocenters. The highest BCUT2D eigenvalue weighted by Crippen LogP contribution is 2.09. The average Bonchev–Trinajstić information content (AvgIpc) is 2.40. The maximum absolute atomic E-state index is 10.9. The fourth-order valence-electron chi connectivity index (χ4n) is 0.767. The molecule has 0 N–H and O–H groups in total. The van der Waals surface area contributed by atoms with Crippen molar-refractivity contribution in [3.8, 4) is 0 Å². The van der Waals surface area contributed by atoms with Crippen molar-refractivity contribution in [3.63, 3.8) is 0 Å². The summed E-state index contributed by atoms with van der Waals surface area (Å²) in [6.45, 7) is 2.27. The van der Waals surface area contributed by atoms with Gasteiger partial charge in [-0.3, -0.25) is 4.79 Å². The molecule has 1 rings (SSSR count). The van der Waals surface area contributed by atoms with E-state index < -0.39 is 0 Å². The van der Waals surface area contributed by atoms with Crippen LogP contribution in [-0.2, 0) is 16.0 Å². The van der Waals surface area contributed by atoms with E-state index in [-0.39, 0.29) is 13.4 Å². The van der Waals surface area contributed by atoms with E-state index in [2.05, 4.69) is 0 Å². The van der Waals surface area contributed by atoms with Gasteiger partial charge in [0.05, 0.1) is 13.0 Å². The summed E-state index contributed by atoms with van der Waals surface area (Å²) in [6.07, 6.45) is 0.408. The van der Waals surface area contributed by atoms with Gasteiger partial charge >= 0.3 is 5.97 Å². The maximum atomic E-state index is 10.9. The molecular formula is C9H14O2S. The molecule has 0 spiro atoms. The number of hydrogen-bond acceptors (Lipinski definition) is 3. The van der Waals surface area contributed by atoms with Crippen LogP contribution >= 0.6 is 11.3 Å². The number of carbonyl (C=O) groups excluding carboxylic acids is 1. The molecule has 0 bridgehead atoms. The molecule has 0 fully saturated rings. The van der Waals surface area contributed by atoms with Crippen LogP contribution in [0.5, 0.6) is 0 Å². The summed E-state index contributed by atoms with van der Waals surface area (Å²) in [6, 6.07) is 3.86. The average molecular weight is 186 g/mol. The van der Waals surface area contributed by atoms with Crippen LogP contribution in [-0.4, -0.2) is 12.6 Å². The lowest BCUT2D eigenvalue weighted by Gasteiger charge is -1.97. The van der Waals surface area contributed by atoms with Gasteiger partial charge in [0.2, 0.25) is 0 Å². The molecule has 0 saturated carbocycles. The summed E-state index contributed by atoms with van der Waals surface area (Å²) in [5.74, 6) is -0.144. The van der Waals surface area contributed by atoms with Crippen molar-refractivity contribution in [2.45, 2.75) is 20.8 Å². The van der Waals surface area contributed by atoms with Crippen LogP contribution in [0.4, 0.5) is 0 Å². The maximum Gasteiger partial charge on any atom is 0.311 e. The summed E-state index contributed by atoms with van der Waals surface area (Å²) in [5.41, 5.74) is 0. The lowest BCUT2D eigenvalue weighted by Crippen LogP contribution is -2.05. The van der Waals surface area contributed by atoms with E-state index in [1.807, 2.05) is 24.4 Å². The van der Waals surface area contributed by atoms with Crippen molar-refractivity contribution in [3.05, 3.63) is 22.4 Å². The third kappa shape index (κ3) is 3.53. The third-order valence-corrected chi connectivity index (χ3v) is 2.08. The summed E-state index contributed by atoms with van der Waals surface area (Å²) in [7, 11) is 0. The van der Waals surface area contributed by atoms with Gasteiger partial charge in [-0.2, -0.15) is 0 Å². The number of rotatable bonds is 3. The van der Waals surface area contributed by atoms with E-state index in [0.29, 0.717) is 13.0 Å². The highest BCUT2D eigenvalue weighted by Gasteiger charge is 2.02. The molecule has 3 heteroatoms. The normalized spacial score (nSPS) is 8.75. The smallest absolute Gasteiger partial charge is 0.311 e. The Kier molecular flexibility index (Phi) is 5.37. The minimum atomic E-state index is -0.144. The van der Waals surface area contributed by atoms with E-state index >= 15 is 0 Å². The number of thiophene rings is 1. The standard InChI is InChI=1S/C8H10O2S.CH4/c1-2-10-8(9)6-7-4-3-5-11-7;/h3-5H,2,6H2,1H3;1H4. The van der Waals surface area contributed by atoms with Crippen molar-refractivity contribution in [1.82, 2.24) is 0 Å². The molecule has 0 saturated heterocycles. The predicted octanol–water partition coefficient (Wildman–Crippen LogP) is 2.49. The predicted molar refractivity (Wildman–Crippen MR) is 51.4 cm³/mol. The highest BCUT2D eigenvalue weighted by molar-refractivity contribution is 7.10. The number of ether oxygens (including phenoxy) is 1. The van der Waals surface area contributed by atoms with Crippen LogP contribution in [0.2, 0.25) is 0 Å². The number of esters is 1. The Balaban J connectivity index is 0.00000121.